The minimum Gasteiger partial charge on any atom is -0.355 e. The van der Waals surface area contributed by atoms with Gasteiger partial charge in [0.2, 0.25) is 5.91 Å². The minimum atomic E-state index is 0.113. The Morgan fingerprint density at radius 1 is 1.20 bits per heavy atom. The number of nitrogens with one attached hydrogen (secondary N) is 1. The van der Waals surface area contributed by atoms with E-state index in [9.17, 15) is 4.79 Å². The molecule has 20 heavy (non-hydrogen) atoms. The van der Waals surface area contributed by atoms with Crippen LogP contribution in [0.2, 0.25) is 0 Å². The SMILES string of the molecule is O=C(CSCc1ccc(Br)s1)NCCc1ccccc1. The summed E-state index contributed by atoms with van der Waals surface area (Å²) >= 11 is 6.81. The second-order valence-electron chi connectivity index (χ2n) is 4.28. The molecule has 1 aromatic carbocycles. The van der Waals surface area contributed by atoms with Gasteiger partial charge in [-0.25, -0.2) is 0 Å². The maximum atomic E-state index is 11.7. The summed E-state index contributed by atoms with van der Waals surface area (Å²) in [6.45, 7) is 0.702. The molecule has 5 heteroatoms. The van der Waals surface area contributed by atoms with Gasteiger partial charge >= 0.3 is 0 Å². The van der Waals surface area contributed by atoms with Crippen LogP contribution in [0.1, 0.15) is 10.4 Å². The average Bonchev–Trinajstić information content (AvgIpc) is 2.86. The maximum absolute atomic E-state index is 11.7. The van der Waals surface area contributed by atoms with Gasteiger partial charge in [-0.05, 0) is 40.0 Å². The van der Waals surface area contributed by atoms with E-state index in [0.717, 1.165) is 16.0 Å². The first-order valence-electron chi connectivity index (χ1n) is 6.36. The normalized spacial score (nSPS) is 10.4. The van der Waals surface area contributed by atoms with Gasteiger partial charge in [-0.3, -0.25) is 4.79 Å². The lowest BCUT2D eigenvalue weighted by Crippen LogP contribution is -2.27. The van der Waals surface area contributed by atoms with Crippen LogP contribution >= 0.6 is 39.0 Å². The Hall–Kier alpha value is -0.780. The molecule has 1 N–H and O–H groups in total. The zero-order valence-corrected chi connectivity index (χ0v) is 14.2. The third kappa shape index (κ3) is 5.69. The van der Waals surface area contributed by atoms with Crippen molar-refractivity contribution in [2.45, 2.75) is 12.2 Å². The Kier molecular flexibility index (Phi) is 6.63. The summed E-state index contributed by atoms with van der Waals surface area (Å²) < 4.78 is 1.14. The molecule has 0 atom stereocenters. The van der Waals surface area contributed by atoms with Crippen molar-refractivity contribution in [3.63, 3.8) is 0 Å². The number of thioether (sulfide) groups is 1. The zero-order valence-electron chi connectivity index (χ0n) is 11.0. The van der Waals surface area contributed by atoms with E-state index in [1.165, 1.54) is 10.4 Å². The van der Waals surface area contributed by atoms with Gasteiger partial charge in [-0.1, -0.05) is 30.3 Å². The molecule has 2 nitrogen and oxygen atoms in total. The molecule has 0 radical (unpaired) electrons. The molecule has 0 aliphatic carbocycles. The Bertz CT molecular complexity index is 542. The summed E-state index contributed by atoms with van der Waals surface area (Å²) in [5.74, 6) is 1.52. The van der Waals surface area contributed by atoms with Gasteiger partial charge in [0.15, 0.2) is 0 Å². The molecule has 0 aliphatic heterocycles. The molecule has 1 heterocycles. The largest absolute Gasteiger partial charge is 0.355 e. The lowest BCUT2D eigenvalue weighted by atomic mass is 10.1. The van der Waals surface area contributed by atoms with Crippen molar-refractivity contribution in [2.75, 3.05) is 12.3 Å². The highest BCUT2D eigenvalue weighted by Gasteiger charge is 2.03. The number of hydrogen-bond acceptors (Lipinski definition) is 3. The molecule has 0 saturated heterocycles. The number of hydrogen-bond donors (Lipinski definition) is 1. The van der Waals surface area contributed by atoms with Crippen LogP contribution in [-0.4, -0.2) is 18.2 Å². The first-order chi connectivity index (χ1) is 9.74. The van der Waals surface area contributed by atoms with E-state index in [-0.39, 0.29) is 5.91 Å². The Morgan fingerprint density at radius 2 is 2.00 bits per heavy atom. The fourth-order valence-corrected chi connectivity index (χ4v) is 4.17. The van der Waals surface area contributed by atoms with Gasteiger partial charge in [0.1, 0.15) is 0 Å². The van der Waals surface area contributed by atoms with Crippen LogP contribution in [0.5, 0.6) is 0 Å². The fourth-order valence-electron chi connectivity index (χ4n) is 1.72. The highest BCUT2D eigenvalue weighted by Crippen LogP contribution is 2.25. The average molecular weight is 370 g/mol. The molecular formula is C15H16BrNOS2. The molecule has 0 aliphatic rings. The highest BCUT2D eigenvalue weighted by molar-refractivity contribution is 9.11. The summed E-state index contributed by atoms with van der Waals surface area (Å²) in [5.41, 5.74) is 1.25. The van der Waals surface area contributed by atoms with Crippen molar-refractivity contribution in [1.82, 2.24) is 5.32 Å². The number of carbonyl (C=O) groups excluding carboxylic acids is 1. The number of amides is 1. The third-order valence-corrected chi connectivity index (χ3v) is 5.47. The number of carbonyl (C=O) groups is 1. The highest BCUT2D eigenvalue weighted by atomic mass is 79.9. The molecule has 0 spiro atoms. The van der Waals surface area contributed by atoms with Crippen molar-refractivity contribution in [3.05, 3.63) is 56.7 Å². The molecule has 0 bridgehead atoms. The van der Waals surface area contributed by atoms with Crippen molar-refractivity contribution >= 4 is 44.9 Å². The van der Waals surface area contributed by atoms with Gasteiger partial charge < -0.3 is 5.32 Å². The van der Waals surface area contributed by atoms with Crippen LogP contribution in [0.3, 0.4) is 0 Å². The topological polar surface area (TPSA) is 29.1 Å². The molecule has 2 rings (SSSR count). The van der Waals surface area contributed by atoms with Crippen LogP contribution in [0.4, 0.5) is 0 Å². The number of halogens is 1. The van der Waals surface area contributed by atoms with Gasteiger partial charge in [-0.2, -0.15) is 0 Å². The second-order valence-corrected chi connectivity index (χ2v) is 7.82. The van der Waals surface area contributed by atoms with Gasteiger partial charge in [0.25, 0.3) is 0 Å². The van der Waals surface area contributed by atoms with Crippen LogP contribution in [-0.2, 0) is 17.0 Å². The molecule has 1 amide bonds. The summed E-state index contributed by atoms with van der Waals surface area (Å²) in [4.78, 5) is 13.0. The third-order valence-electron chi connectivity index (χ3n) is 2.69. The van der Waals surface area contributed by atoms with E-state index in [2.05, 4.69) is 39.4 Å². The van der Waals surface area contributed by atoms with Crippen molar-refractivity contribution in [3.8, 4) is 0 Å². The first-order valence-corrected chi connectivity index (χ1v) is 9.13. The molecule has 2 aromatic rings. The Labute approximate surface area is 136 Å². The molecule has 0 fully saturated rings. The number of benzene rings is 1. The standard InChI is InChI=1S/C15H16BrNOS2/c16-14-7-6-13(20-14)10-19-11-15(18)17-9-8-12-4-2-1-3-5-12/h1-7H,8-11H2,(H,17,18). The second kappa shape index (κ2) is 8.49. The van der Waals surface area contributed by atoms with Crippen molar-refractivity contribution < 1.29 is 4.79 Å². The molecular weight excluding hydrogens is 354 g/mol. The van der Waals surface area contributed by atoms with Crippen LogP contribution in [0, 0.1) is 0 Å². The van der Waals surface area contributed by atoms with E-state index in [0.29, 0.717) is 12.3 Å². The molecule has 1 aromatic heterocycles. The molecule has 106 valence electrons. The van der Waals surface area contributed by atoms with E-state index in [1.807, 2.05) is 24.3 Å². The van der Waals surface area contributed by atoms with Crippen LogP contribution in [0.25, 0.3) is 0 Å². The lowest BCUT2D eigenvalue weighted by Gasteiger charge is -2.05. The van der Waals surface area contributed by atoms with Crippen molar-refractivity contribution in [2.24, 2.45) is 0 Å². The predicted molar refractivity (Wildman–Crippen MR) is 91.3 cm³/mol. The smallest absolute Gasteiger partial charge is 0.230 e. The van der Waals surface area contributed by atoms with Gasteiger partial charge in [-0.15, -0.1) is 23.1 Å². The summed E-state index contributed by atoms with van der Waals surface area (Å²) in [6.07, 6.45) is 0.884. The molecule has 0 saturated carbocycles. The fraction of sp³-hybridized carbons (Fsp3) is 0.267. The van der Waals surface area contributed by atoms with Crippen LogP contribution in [0.15, 0.2) is 46.3 Å². The lowest BCUT2D eigenvalue weighted by molar-refractivity contribution is -0.118. The monoisotopic (exact) mass is 369 g/mol. The summed E-state index contributed by atoms with van der Waals surface area (Å²) in [7, 11) is 0. The Balaban J connectivity index is 1.59. The Morgan fingerprint density at radius 3 is 2.70 bits per heavy atom. The molecule has 0 unspecified atom stereocenters. The summed E-state index contributed by atoms with van der Waals surface area (Å²) in [6, 6.07) is 14.3. The zero-order chi connectivity index (χ0) is 14.2. The summed E-state index contributed by atoms with van der Waals surface area (Å²) in [5, 5.41) is 2.96. The van der Waals surface area contributed by atoms with Crippen LogP contribution < -0.4 is 5.32 Å². The maximum Gasteiger partial charge on any atom is 0.230 e. The number of thiophene rings is 1. The van der Waals surface area contributed by atoms with Gasteiger partial charge in [0.05, 0.1) is 9.54 Å². The quantitative estimate of drug-likeness (QED) is 0.795. The first kappa shape index (κ1) is 15.6. The van der Waals surface area contributed by atoms with E-state index in [1.54, 1.807) is 23.1 Å². The van der Waals surface area contributed by atoms with Gasteiger partial charge in [0, 0.05) is 17.2 Å². The van der Waals surface area contributed by atoms with E-state index in [4.69, 9.17) is 0 Å². The van der Waals surface area contributed by atoms with E-state index < -0.39 is 0 Å². The minimum absolute atomic E-state index is 0.113. The number of rotatable bonds is 7. The predicted octanol–water partition coefficient (Wildman–Crippen LogP) is 4.10. The van der Waals surface area contributed by atoms with Crippen molar-refractivity contribution in [1.29, 1.82) is 0 Å². The van der Waals surface area contributed by atoms with E-state index >= 15 is 0 Å².